The van der Waals surface area contributed by atoms with Crippen molar-refractivity contribution in [2.24, 2.45) is 0 Å². The van der Waals surface area contributed by atoms with Crippen LogP contribution in [0.1, 0.15) is 41.5 Å². The van der Waals surface area contributed by atoms with Crippen molar-refractivity contribution in [3.8, 4) is 0 Å². The molecule has 0 aliphatic carbocycles. The highest BCUT2D eigenvalue weighted by atomic mass is 15.4. The van der Waals surface area contributed by atoms with E-state index in [-0.39, 0.29) is 24.8 Å². The summed E-state index contributed by atoms with van der Waals surface area (Å²) < 4.78 is 0. The average Bonchev–Trinajstić information content (AvgIpc) is 3.12. The van der Waals surface area contributed by atoms with Gasteiger partial charge in [0.1, 0.15) is 0 Å². The fourth-order valence-electron chi connectivity index (χ4n) is 4.10. The molecule has 4 rings (SSSR count). The molecule has 0 fully saturated rings. The Morgan fingerprint density at radius 3 is 1.35 bits per heavy atom. The van der Waals surface area contributed by atoms with Crippen LogP contribution in [0.25, 0.3) is 0 Å². The Labute approximate surface area is 158 Å². The van der Waals surface area contributed by atoms with Gasteiger partial charge < -0.3 is 19.2 Å². The van der Waals surface area contributed by atoms with Gasteiger partial charge in [-0.05, 0) is 78.2 Å². The van der Waals surface area contributed by atoms with Gasteiger partial charge >= 0.3 is 13.7 Å². The monoisotopic (exact) mass is 346 g/mol. The number of hydrogen-bond acceptors (Lipinski definition) is 4. The first-order valence-electron chi connectivity index (χ1n) is 9.45. The molecule has 26 heavy (non-hydrogen) atoms. The molecule has 0 N–H and O–H groups in total. The van der Waals surface area contributed by atoms with Gasteiger partial charge in [-0.1, -0.05) is 12.2 Å². The van der Waals surface area contributed by atoms with Gasteiger partial charge in [-0.15, -0.1) is 0 Å². The molecule has 0 bridgehead atoms. The third-order valence-corrected chi connectivity index (χ3v) is 5.34. The summed E-state index contributed by atoms with van der Waals surface area (Å²) in [5.74, 6) is 0. The molecule has 0 saturated heterocycles. The van der Waals surface area contributed by atoms with Crippen LogP contribution in [0.3, 0.4) is 0 Å². The minimum absolute atomic E-state index is 0.0261. The SMILES string of the molecule is CC(C)(C)N1C=C2C=CC=CN2B1B1N2C=CC=CC2=CN1C(C)(C)C. The Bertz CT molecular complexity index is 711. The van der Waals surface area contributed by atoms with Crippen molar-refractivity contribution in [2.45, 2.75) is 52.6 Å². The summed E-state index contributed by atoms with van der Waals surface area (Å²) in [6.07, 6.45) is 22.0. The highest BCUT2D eigenvalue weighted by Gasteiger charge is 2.57. The van der Waals surface area contributed by atoms with Crippen LogP contribution in [-0.2, 0) is 0 Å². The Hall–Kier alpha value is -2.23. The minimum atomic E-state index is 0.0261. The predicted octanol–water partition coefficient (Wildman–Crippen LogP) is 3.72. The predicted molar refractivity (Wildman–Crippen MR) is 111 cm³/mol. The molecule has 0 amide bonds. The smallest absolute Gasteiger partial charge is 0.395 e. The van der Waals surface area contributed by atoms with Gasteiger partial charge in [-0.2, -0.15) is 0 Å². The van der Waals surface area contributed by atoms with Crippen LogP contribution >= 0.6 is 0 Å². The molecule has 0 radical (unpaired) electrons. The number of fused-ring (bicyclic) bond motifs is 2. The summed E-state index contributed by atoms with van der Waals surface area (Å²) in [5, 5.41) is 0. The minimum Gasteiger partial charge on any atom is -0.398 e. The van der Waals surface area contributed by atoms with Crippen LogP contribution < -0.4 is 0 Å². The normalized spacial score (nSPS) is 21.6. The topological polar surface area (TPSA) is 13.0 Å². The van der Waals surface area contributed by atoms with Gasteiger partial charge in [0.25, 0.3) is 0 Å². The molecule has 0 aromatic heterocycles. The van der Waals surface area contributed by atoms with Crippen molar-refractivity contribution in [3.63, 3.8) is 0 Å². The van der Waals surface area contributed by atoms with Gasteiger partial charge in [0.2, 0.25) is 0 Å². The lowest BCUT2D eigenvalue weighted by Gasteiger charge is -2.46. The van der Waals surface area contributed by atoms with E-state index in [1.54, 1.807) is 0 Å². The number of hydrogen-bond donors (Lipinski definition) is 0. The summed E-state index contributed by atoms with van der Waals surface area (Å²) in [5.41, 5.74) is 2.56. The van der Waals surface area contributed by atoms with E-state index < -0.39 is 0 Å². The summed E-state index contributed by atoms with van der Waals surface area (Å²) in [7, 11) is 0. The van der Waals surface area contributed by atoms with Crippen molar-refractivity contribution in [2.75, 3.05) is 0 Å². The number of rotatable bonds is 1. The van der Waals surface area contributed by atoms with Gasteiger partial charge in [0.15, 0.2) is 0 Å². The summed E-state index contributed by atoms with van der Waals surface area (Å²) in [4.78, 5) is 9.85. The summed E-state index contributed by atoms with van der Waals surface area (Å²) >= 11 is 0. The lowest BCUT2D eigenvalue weighted by atomic mass is 9.30. The highest BCUT2D eigenvalue weighted by molar-refractivity contribution is 7.18. The van der Waals surface area contributed by atoms with Gasteiger partial charge in [-0.25, -0.2) is 0 Å². The van der Waals surface area contributed by atoms with Gasteiger partial charge in [-0.3, -0.25) is 0 Å². The van der Waals surface area contributed by atoms with E-state index in [9.17, 15) is 0 Å². The standard InChI is InChI=1S/C20H28B2N4/c1-19(2,3)25-15-17-11-7-9-13-23(17)21(25)22-24-14-10-8-12-18(24)16-26(22)20(4,5)6/h7-16H,1-6H3. The zero-order chi connectivity index (χ0) is 18.7. The Morgan fingerprint density at radius 2 is 1.00 bits per heavy atom. The van der Waals surface area contributed by atoms with E-state index >= 15 is 0 Å². The van der Waals surface area contributed by atoms with Crippen LogP contribution in [0.4, 0.5) is 0 Å². The molecule has 134 valence electrons. The first kappa shape index (κ1) is 17.2. The summed E-state index contributed by atoms with van der Waals surface area (Å²) in [6, 6.07) is 0. The number of allylic oxidation sites excluding steroid dienone is 6. The molecule has 0 aromatic rings. The largest absolute Gasteiger partial charge is 0.398 e. The Morgan fingerprint density at radius 1 is 0.615 bits per heavy atom. The lowest BCUT2D eigenvalue weighted by Crippen LogP contribution is -2.69. The quantitative estimate of drug-likeness (QED) is 0.671. The molecule has 0 spiro atoms. The molecule has 0 unspecified atom stereocenters. The van der Waals surface area contributed by atoms with Crippen molar-refractivity contribution in [1.82, 2.24) is 19.2 Å². The van der Waals surface area contributed by atoms with E-state index in [2.05, 4.69) is 122 Å². The van der Waals surface area contributed by atoms with E-state index in [0.717, 1.165) is 0 Å². The van der Waals surface area contributed by atoms with E-state index in [1.807, 2.05) is 0 Å². The molecule has 0 atom stereocenters. The highest BCUT2D eigenvalue weighted by Crippen LogP contribution is 2.38. The molecule has 4 nitrogen and oxygen atoms in total. The van der Waals surface area contributed by atoms with E-state index in [4.69, 9.17) is 0 Å². The molecule has 0 saturated carbocycles. The molecular weight excluding hydrogens is 318 g/mol. The van der Waals surface area contributed by atoms with Gasteiger partial charge in [0, 0.05) is 34.9 Å². The van der Waals surface area contributed by atoms with Crippen LogP contribution in [-0.4, -0.2) is 44.1 Å². The summed E-state index contributed by atoms with van der Waals surface area (Å²) in [6.45, 7) is 14.1. The maximum absolute atomic E-state index is 2.51. The first-order chi connectivity index (χ1) is 12.2. The molecular formula is C20H28B2N4. The Balaban J connectivity index is 1.80. The lowest BCUT2D eigenvalue weighted by molar-refractivity contribution is 0.307. The van der Waals surface area contributed by atoms with E-state index in [0.29, 0.717) is 0 Å². The van der Waals surface area contributed by atoms with Crippen molar-refractivity contribution in [1.29, 1.82) is 0 Å². The third kappa shape index (κ3) is 2.63. The van der Waals surface area contributed by atoms with Crippen molar-refractivity contribution in [3.05, 3.63) is 72.7 Å². The van der Waals surface area contributed by atoms with Crippen molar-refractivity contribution >= 4 is 13.7 Å². The first-order valence-corrected chi connectivity index (χ1v) is 9.45. The second-order valence-electron chi connectivity index (χ2n) is 9.31. The maximum atomic E-state index is 2.51. The maximum Gasteiger partial charge on any atom is 0.395 e. The fraction of sp³-hybridized carbons (Fsp3) is 0.400. The zero-order valence-corrected chi connectivity index (χ0v) is 16.7. The zero-order valence-electron chi connectivity index (χ0n) is 16.7. The van der Waals surface area contributed by atoms with E-state index in [1.165, 1.54) is 11.4 Å². The number of nitrogens with zero attached hydrogens (tertiary/aromatic N) is 4. The van der Waals surface area contributed by atoms with Crippen LogP contribution in [0.5, 0.6) is 0 Å². The average molecular weight is 346 g/mol. The molecule has 4 heterocycles. The molecule has 0 aromatic carbocycles. The Kier molecular flexibility index (Phi) is 3.73. The molecule has 4 aliphatic rings. The second kappa shape index (κ2) is 5.63. The van der Waals surface area contributed by atoms with Crippen LogP contribution in [0, 0.1) is 0 Å². The van der Waals surface area contributed by atoms with Crippen LogP contribution in [0.15, 0.2) is 72.7 Å². The second-order valence-corrected chi connectivity index (χ2v) is 9.31. The molecule has 6 heteroatoms. The molecule has 4 aliphatic heterocycles. The van der Waals surface area contributed by atoms with Crippen LogP contribution in [0.2, 0.25) is 0 Å². The van der Waals surface area contributed by atoms with Crippen molar-refractivity contribution < 1.29 is 0 Å². The third-order valence-electron chi connectivity index (χ3n) is 5.34. The van der Waals surface area contributed by atoms with Gasteiger partial charge in [0.05, 0.1) is 0 Å². The fourth-order valence-corrected chi connectivity index (χ4v) is 4.10.